The monoisotopic (exact) mass is 436 g/mol. The van der Waals surface area contributed by atoms with Gasteiger partial charge in [0.15, 0.2) is 0 Å². The number of esters is 1. The second-order valence-electron chi connectivity index (χ2n) is 11.4. The number of benzene rings is 1. The van der Waals surface area contributed by atoms with Crippen molar-refractivity contribution in [2.24, 2.45) is 0 Å². The van der Waals surface area contributed by atoms with Gasteiger partial charge in [-0.25, -0.2) is 4.79 Å². The van der Waals surface area contributed by atoms with Crippen molar-refractivity contribution in [3.05, 3.63) is 17.2 Å². The Balaban J connectivity index is 4.16. The Morgan fingerprint density at radius 2 is 1.45 bits per heavy atom. The lowest BCUT2D eigenvalue weighted by atomic mass is 10.0. The largest absolute Gasteiger partial charge is 0.508 e. The molecule has 29 heavy (non-hydrogen) atoms. The number of hydrogen-bond donors (Lipinski definition) is 1. The predicted octanol–water partition coefficient (Wildman–Crippen LogP) is 5.95. The fourth-order valence-corrected chi connectivity index (χ4v) is 8.04. The highest BCUT2D eigenvalue weighted by atomic mass is 28.3. The zero-order valence-corrected chi connectivity index (χ0v) is 23.0. The van der Waals surface area contributed by atoms with Crippen LogP contribution in [0.15, 0.2) is 6.07 Å². The van der Waals surface area contributed by atoms with Gasteiger partial charge in [0.25, 0.3) is 0 Å². The van der Waals surface area contributed by atoms with Gasteiger partial charge < -0.3 is 9.84 Å². The highest BCUT2D eigenvalue weighted by molar-refractivity contribution is 6.96. The lowest BCUT2D eigenvalue weighted by molar-refractivity contribution is 0.0526. The smallest absolute Gasteiger partial charge is 0.338 e. The van der Waals surface area contributed by atoms with Crippen LogP contribution in [0.1, 0.15) is 77.7 Å². The third kappa shape index (κ3) is 4.82. The lowest BCUT2D eigenvalue weighted by Crippen LogP contribution is -2.57. The van der Waals surface area contributed by atoms with Crippen molar-refractivity contribution in [3.63, 3.8) is 0 Å². The maximum Gasteiger partial charge on any atom is 0.338 e. The summed E-state index contributed by atoms with van der Waals surface area (Å²) >= 11 is 0. The maximum absolute atomic E-state index is 13.1. The first kappa shape index (κ1) is 26.0. The van der Waals surface area contributed by atoms with Crippen molar-refractivity contribution in [2.75, 3.05) is 6.61 Å². The minimum absolute atomic E-state index is 0.0126. The first-order chi connectivity index (χ1) is 12.9. The number of ether oxygens (including phenoxy) is 1. The van der Waals surface area contributed by atoms with Crippen molar-refractivity contribution in [1.29, 1.82) is 0 Å². The molecule has 5 heteroatoms. The van der Waals surface area contributed by atoms with Crippen LogP contribution >= 0.6 is 0 Å². The van der Waals surface area contributed by atoms with Crippen LogP contribution in [0.3, 0.4) is 0 Å². The second kappa shape index (κ2) is 8.58. The van der Waals surface area contributed by atoms with Gasteiger partial charge in [-0.2, -0.15) is 0 Å². The quantitative estimate of drug-likeness (QED) is 0.442. The van der Waals surface area contributed by atoms with Gasteiger partial charge in [0.1, 0.15) is 5.75 Å². The highest BCUT2D eigenvalue weighted by Crippen LogP contribution is 2.41. The molecule has 0 aliphatic rings. The summed E-state index contributed by atoms with van der Waals surface area (Å²) in [6.45, 7) is 27.0. The van der Waals surface area contributed by atoms with E-state index >= 15 is 0 Å². The van der Waals surface area contributed by atoms with Gasteiger partial charge in [0.2, 0.25) is 0 Å². The molecule has 0 unspecified atom stereocenters. The molecule has 3 nitrogen and oxygen atoms in total. The van der Waals surface area contributed by atoms with Crippen LogP contribution in [-0.4, -0.2) is 33.8 Å². The van der Waals surface area contributed by atoms with E-state index in [4.69, 9.17) is 4.74 Å². The molecule has 0 saturated carbocycles. The summed E-state index contributed by atoms with van der Waals surface area (Å²) in [7, 11) is -4.23. The van der Waals surface area contributed by atoms with Gasteiger partial charge in [0.05, 0.1) is 28.3 Å². The first-order valence-electron chi connectivity index (χ1n) is 11.0. The van der Waals surface area contributed by atoms with E-state index in [0.29, 0.717) is 17.9 Å². The molecule has 0 heterocycles. The Bertz CT molecular complexity index is 751. The van der Waals surface area contributed by atoms with Crippen molar-refractivity contribution < 1.29 is 14.6 Å². The average Bonchev–Trinajstić information content (AvgIpc) is 2.53. The van der Waals surface area contributed by atoms with Crippen LogP contribution in [-0.2, 0) is 11.2 Å². The third-order valence-electron chi connectivity index (χ3n) is 7.43. The molecule has 0 bridgehead atoms. The molecular formula is C24H44O3Si2. The summed E-state index contributed by atoms with van der Waals surface area (Å²) in [5.74, 6) is 0.0824. The van der Waals surface area contributed by atoms with E-state index in [9.17, 15) is 9.90 Å². The second-order valence-corrected chi connectivity index (χ2v) is 21.9. The third-order valence-corrected chi connectivity index (χ3v) is 18.4. The van der Waals surface area contributed by atoms with Gasteiger partial charge in [-0.15, -0.1) is 0 Å². The standard InChI is InChI=1S/C24H44O3Si2/c1-13-15-17-16-18(28(9,10)23(3,4)5)20(25)21(19(17)22(26)27-14-2)29(11,12)24(6,7)8/h16,25H,13-15H2,1-12H3. The van der Waals surface area contributed by atoms with E-state index in [1.54, 1.807) is 0 Å². The summed E-state index contributed by atoms with van der Waals surface area (Å²) in [5, 5.41) is 13.8. The minimum atomic E-state index is -2.22. The Morgan fingerprint density at radius 3 is 1.83 bits per heavy atom. The molecule has 0 atom stereocenters. The van der Waals surface area contributed by atoms with E-state index in [-0.39, 0.29) is 16.0 Å². The van der Waals surface area contributed by atoms with Crippen LogP contribution < -0.4 is 10.4 Å². The van der Waals surface area contributed by atoms with E-state index in [1.807, 2.05) is 6.92 Å². The summed E-state index contributed by atoms with van der Waals surface area (Å²) in [6.07, 6.45) is 1.77. The minimum Gasteiger partial charge on any atom is -0.508 e. The number of carbonyl (C=O) groups is 1. The Labute approximate surface area is 181 Å². The number of aryl methyl sites for hydroxylation is 1. The van der Waals surface area contributed by atoms with Crippen LogP contribution in [0.5, 0.6) is 5.75 Å². The molecule has 1 rings (SSSR count). The van der Waals surface area contributed by atoms with E-state index in [1.165, 1.54) is 0 Å². The molecule has 0 spiro atoms. The normalized spacial score (nSPS) is 13.5. The molecular weight excluding hydrogens is 392 g/mol. The highest BCUT2D eigenvalue weighted by Gasteiger charge is 2.46. The number of aromatic hydroxyl groups is 1. The van der Waals surface area contributed by atoms with Gasteiger partial charge >= 0.3 is 5.97 Å². The van der Waals surface area contributed by atoms with Crippen molar-refractivity contribution in [1.82, 2.24) is 0 Å². The van der Waals surface area contributed by atoms with E-state index in [2.05, 4.69) is 80.7 Å². The van der Waals surface area contributed by atoms with Gasteiger partial charge in [-0.3, -0.25) is 0 Å². The zero-order valence-electron chi connectivity index (χ0n) is 21.0. The molecule has 1 N–H and O–H groups in total. The molecule has 1 aromatic carbocycles. The lowest BCUT2D eigenvalue weighted by Gasteiger charge is -2.42. The molecule has 0 aliphatic heterocycles. The van der Waals surface area contributed by atoms with Crippen LogP contribution in [0.25, 0.3) is 0 Å². The number of hydrogen-bond acceptors (Lipinski definition) is 3. The van der Waals surface area contributed by atoms with Gasteiger partial charge in [-0.05, 0) is 39.4 Å². The summed E-state index contributed by atoms with van der Waals surface area (Å²) in [6, 6.07) is 2.14. The van der Waals surface area contributed by atoms with Crippen LogP contribution in [0.2, 0.25) is 36.3 Å². The number of rotatable bonds is 6. The van der Waals surface area contributed by atoms with E-state index in [0.717, 1.165) is 28.8 Å². The van der Waals surface area contributed by atoms with Crippen LogP contribution in [0.4, 0.5) is 0 Å². The molecule has 0 amide bonds. The topological polar surface area (TPSA) is 46.5 Å². The SMILES string of the molecule is CCCc1cc([Si](C)(C)C(C)(C)C)c(O)c([Si](C)(C)C(C)(C)C)c1C(=O)OCC. The zero-order chi connectivity index (χ0) is 23.0. The summed E-state index contributed by atoms with van der Waals surface area (Å²) in [4.78, 5) is 13.1. The Hall–Kier alpha value is -1.08. The van der Waals surface area contributed by atoms with Crippen molar-refractivity contribution in [3.8, 4) is 5.75 Å². The van der Waals surface area contributed by atoms with Crippen molar-refractivity contribution >= 4 is 32.5 Å². The molecule has 166 valence electrons. The van der Waals surface area contributed by atoms with Crippen LogP contribution in [0, 0.1) is 0 Å². The Morgan fingerprint density at radius 1 is 0.966 bits per heavy atom. The van der Waals surface area contributed by atoms with Crippen molar-refractivity contribution in [2.45, 2.75) is 104 Å². The average molecular weight is 437 g/mol. The molecule has 1 aromatic rings. The molecule has 0 saturated heterocycles. The van der Waals surface area contributed by atoms with E-state index < -0.39 is 16.1 Å². The fraction of sp³-hybridized carbons (Fsp3) is 0.708. The number of carbonyl (C=O) groups excluding carboxylic acids is 1. The summed E-state index contributed by atoms with van der Waals surface area (Å²) in [5.41, 5.74) is 1.68. The predicted molar refractivity (Wildman–Crippen MR) is 132 cm³/mol. The molecule has 0 aromatic heterocycles. The maximum atomic E-state index is 13.1. The number of phenolic OH excluding ortho intramolecular Hbond substituents is 1. The van der Waals surface area contributed by atoms with Gasteiger partial charge in [0, 0.05) is 0 Å². The summed E-state index contributed by atoms with van der Waals surface area (Å²) < 4.78 is 5.49. The van der Waals surface area contributed by atoms with Gasteiger partial charge in [-0.1, -0.05) is 87.1 Å². The molecule has 0 radical (unpaired) electrons. The fourth-order valence-electron chi connectivity index (χ4n) is 3.50. The Kier molecular flexibility index (Phi) is 7.68. The first-order valence-corrected chi connectivity index (χ1v) is 17.0. The molecule has 0 fully saturated rings. The number of phenols is 1. The molecule has 0 aliphatic carbocycles.